The van der Waals surface area contributed by atoms with Crippen LogP contribution in [0.2, 0.25) is 0 Å². The lowest BCUT2D eigenvalue weighted by Gasteiger charge is -2.21. The van der Waals surface area contributed by atoms with E-state index >= 15 is 0 Å². The summed E-state index contributed by atoms with van der Waals surface area (Å²) in [5.74, 6) is -10.7. The highest BCUT2D eigenvalue weighted by Gasteiger charge is 2.30. The maximum Gasteiger partial charge on any atom is 0.327 e. The summed E-state index contributed by atoms with van der Waals surface area (Å²) in [6.07, 6.45) is -2.65. The van der Waals surface area contributed by atoms with Gasteiger partial charge in [0.1, 0.15) is 30.2 Å². The predicted octanol–water partition coefficient (Wildman–Crippen LogP) is -3.10. The topological polar surface area (TPSA) is 321 Å². The molecule has 0 fully saturated rings. The fraction of sp³-hybridized carbons (Fsp3) is 0.444. The van der Waals surface area contributed by atoms with Gasteiger partial charge in [0.2, 0.25) is 23.6 Å². The van der Waals surface area contributed by atoms with Gasteiger partial charge in [-0.2, -0.15) is 12.6 Å². The highest BCUT2D eigenvalue weighted by atomic mass is 32.1. The molecule has 11 N–H and O–H groups in total. The summed E-state index contributed by atoms with van der Waals surface area (Å²) >= 11 is 3.77. The van der Waals surface area contributed by atoms with Crippen LogP contribution in [0.15, 0.2) is 30.3 Å². The minimum Gasteiger partial charge on any atom is -0.481 e. The van der Waals surface area contributed by atoms with Crippen LogP contribution in [0.4, 0.5) is 0 Å². The number of hydrogen-bond donors (Lipinski definition) is 11. The van der Waals surface area contributed by atoms with Gasteiger partial charge in [-0.3, -0.25) is 28.8 Å². The van der Waals surface area contributed by atoms with Crippen LogP contribution in [-0.4, -0.2) is 116 Å². The first kappa shape index (κ1) is 39.8. The molecule has 0 aliphatic carbocycles. The number of amides is 5. The summed E-state index contributed by atoms with van der Waals surface area (Å²) < 4.78 is 0. The summed E-state index contributed by atoms with van der Waals surface area (Å²) in [7, 11) is 0. The highest BCUT2D eigenvalue weighted by molar-refractivity contribution is 7.80. The van der Waals surface area contributed by atoms with Gasteiger partial charge in [0.25, 0.3) is 5.91 Å². The zero-order valence-corrected chi connectivity index (χ0v) is 25.6. The van der Waals surface area contributed by atoms with Gasteiger partial charge in [-0.25, -0.2) is 14.4 Å². The Morgan fingerprint density at radius 2 is 1.17 bits per heavy atom. The van der Waals surface area contributed by atoms with Crippen molar-refractivity contribution in [3.8, 4) is 0 Å². The molecule has 0 heterocycles. The van der Waals surface area contributed by atoms with E-state index in [2.05, 4.69) is 33.9 Å². The number of carbonyl (C=O) groups is 9. The number of nitrogens with one attached hydrogen (secondary N) is 5. The van der Waals surface area contributed by atoms with Crippen LogP contribution in [0.3, 0.4) is 0 Å². The number of carbonyl (C=O) groups excluding carboxylic acids is 5. The Labute approximate surface area is 272 Å². The van der Waals surface area contributed by atoms with E-state index in [0.717, 1.165) is 0 Å². The Morgan fingerprint density at radius 3 is 1.68 bits per heavy atom. The Morgan fingerprint density at radius 1 is 0.660 bits per heavy atom. The average Bonchev–Trinajstić information content (AvgIpc) is 3.01. The maximum absolute atomic E-state index is 12.4. The van der Waals surface area contributed by atoms with Crippen molar-refractivity contribution in [3.63, 3.8) is 0 Å². The van der Waals surface area contributed by atoms with E-state index in [9.17, 15) is 53.4 Å². The molecule has 0 aliphatic heterocycles. The number of thiol groups is 1. The Kier molecular flexibility index (Phi) is 16.9. The van der Waals surface area contributed by atoms with Gasteiger partial charge >= 0.3 is 23.9 Å². The second-order valence-electron chi connectivity index (χ2n) is 9.92. The van der Waals surface area contributed by atoms with Crippen LogP contribution in [-0.2, 0) is 38.4 Å². The molecule has 19 nitrogen and oxygen atoms in total. The van der Waals surface area contributed by atoms with E-state index < -0.39 is 116 Å². The normalized spacial score (nSPS) is 13.7. The first-order valence-corrected chi connectivity index (χ1v) is 14.5. The molecule has 0 aliphatic rings. The van der Waals surface area contributed by atoms with Crippen LogP contribution in [0.25, 0.3) is 0 Å². The third kappa shape index (κ3) is 15.1. The smallest absolute Gasteiger partial charge is 0.327 e. The molecule has 5 amide bonds. The van der Waals surface area contributed by atoms with Crippen LogP contribution in [0.1, 0.15) is 42.5 Å². The number of rotatable bonds is 21. The summed E-state index contributed by atoms with van der Waals surface area (Å²) in [5.41, 5.74) is 5.90. The van der Waals surface area contributed by atoms with Gasteiger partial charge in [-0.15, -0.1) is 0 Å². The summed E-state index contributed by atoms with van der Waals surface area (Å²) in [6, 6.07) is 0.0165. The summed E-state index contributed by atoms with van der Waals surface area (Å²) in [5, 5.41) is 47.7. The average molecular weight is 685 g/mol. The van der Waals surface area contributed by atoms with Gasteiger partial charge in [0.05, 0.1) is 6.42 Å². The van der Waals surface area contributed by atoms with Gasteiger partial charge < -0.3 is 52.7 Å². The SMILES string of the molecule is NC(CNC(=O)CCC(NC(=O)CCC(NC(=O)c1ccccc1)C(=O)O)C(=O)O)C(=O)NC(CC(=O)O)C(=O)NC(CS)C(=O)O. The molecule has 1 rings (SSSR count). The van der Waals surface area contributed by atoms with Crippen molar-refractivity contribution in [2.24, 2.45) is 5.73 Å². The predicted molar refractivity (Wildman–Crippen MR) is 162 cm³/mol. The molecule has 0 radical (unpaired) electrons. The maximum atomic E-state index is 12.4. The summed E-state index contributed by atoms with van der Waals surface area (Å²) in [6.45, 7) is -0.532. The van der Waals surface area contributed by atoms with Crippen LogP contribution in [0, 0.1) is 0 Å². The second-order valence-corrected chi connectivity index (χ2v) is 10.3. The number of benzene rings is 1. The largest absolute Gasteiger partial charge is 0.481 e. The number of nitrogens with two attached hydrogens (primary N) is 1. The molecule has 0 saturated carbocycles. The van der Waals surface area contributed by atoms with Crippen molar-refractivity contribution in [1.82, 2.24) is 26.6 Å². The Hall–Kier alpha value is -5.24. The molecule has 5 atom stereocenters. The minimum atomic E-state index is -1.71. The van der Waals surface area contributed by atoms with Gasteiger partial charge in [0.15, 0.2) is 0 Å². The monoisotopic (exact) mass is 684 g/mol. The fourth-order valence-electron chi connectivity index (χ4n) is 3.69. The molecular formula is C27H36N6O13S. The molecule has 0 aromatic heterocycles. The first-order chi connectivity index (χ1) is 22.0. The molecule has 20 heteroatoms. The van der Waals surface area contributed by atoms with Crippen LogP contribution >= 0.6 is 12.6 Å². The van der Waals surface area contributed by atoms with E-state index in [0.29, 0.717) is 0 Å². The third-order valence-electron chi connectivity index (χ3n) is 6.26. The van der Waals surface area contributed by atoms with E-state index in [1.807, 2.05) is 5.32 Å². The lowest BCUT2D eigenvalue weighted by molar-refractivity contribution is -0.143. The van der Waals surface area contributed by atoms with Crippen LogP contribution in [0.5, 0.6) is 0 Å². The molecule has 0 saturated heterocycles. The number of aliphatic carboxylic acids is 4. The third-order valence-corrected chi connectivity index (χ3v) is 6.62. The lowest BCUT2D eigenvalue weighted by Crippen LogP contribution is -2.57. The Bertz CT molecular complexity index is 1330. The molecule has 1 aromatic carbocycles. The zero-order chi connectivity index (χ0) is 35.7. The molecule has 1 aromatic rings. The molecule has 0 bridgehead atoms. The van der Waals surface area contributed by atoms with E-state index in [1.54, 1.807) is 18.2 Å². The van der Waals surface area contributed by atoms with E-state index in [-0.39, 0.29) is 17.7 Å². The molecule has 47 heavy (non-hydrogen) atoms. The van der Waals surface area contributed by atoms with Crippen molar-refractivity contribution in [1.29, 1.82) is 0 Å². The van der Waals surface area contributed by atoms with E-state index in [4.69, 9.17) is 15.9 Å². The quantitative estimate of drug-likeness (QED) is 0.0572. The molecule has 258 valence electrons. The lowest BCUT2D eigenvalue weighted by atomic mass is 10.1. The van der Waals surface area contributed by atoms with Crippen molar-refractivity contribution >= 4 is 66.0 Å². The van der Waals surface area contributed by atoms with Gasteiger partial charge in [-0.05, 0) is 25.0 Å². The Balaban J connectivity index is 2.61. The summed E-state index contributed by atoms with van der Waals surface area (Å²) in [4.78, 5) is 107. The molecular weight excluding hydrogens is 648 g/mol. The molecule has 5 unspecified atom stereocenters. The second kappa shape index (κ2) is 20.0. The zero-order valence-electron chi connectivity index (χ0n) is 24.7. The van der Waals surface area contributed by atoms with Crippen molar-refractivity contribution < 1.29 is 63.6 Å². The minimum absolute atomic E-state index is 0.194. The van der Waals surface area contributed by atoms with Gasteiger partial charge in [-0.1, -0.05) is 18.2 Å². The number of carboxylic acids is 4. The van der Waals surface area contributed by atoms with E-state index in [1.165, 1.54) is 12.1 Å². The number of carboxylic acid groups (broad SMARTS) is 4. The van der Waals surface area contributed by atoms with Crippen molar-refractivity contribution in [2.75, 3.05) is 12.3 Å². The molecule has 0 spiro atoms. The number of hydrogen-bond acceptors (Lipinski definition) is 11. The van der Waals surface area contributed by atoms with Crippen molar-refractivity contribution in [2.45, 2.75) is 62.3 Å². The fourth-order valence-corrected chi connectivity index (χ4v) is 3.94. The first-order valence-electron chi connectivity index (χ1n) is 13.8. The highest BCUT2D eigenvalue weighted by Crippen LogP contribution is 2.05. The standard InChI is InChI=1S/C27H36N6O13S/c28-14(23(39)32-17(10-21(36)37)24(40)33-18(12-47)27(45)46)11-29-19(34)8-6-15(25(41)42)30-20(35)9-7-16(26(43)44)31-22(38)13-4-2-1-3-5-13/h1-5,14-18,47H,6-12,28H2,(H,29,34)(H,30,35)(H,31,38)(H,32,39)(H,33,40)(H,36,37)(H,41,42)(H,43,44)(H,45,46). The van der Waals surface area contributed by atoms with Crippen LogP contribution < -0.4 is 32.3 Å². The van der Waals surface area contributed by atoms with Crippen molar-refractivity contribution in [3.05, 3.63) is 35.9 Å². The van der Waals surface area contributed by atoms with Gasteiger partial charge in [0, 0.05) is 30.7 Å².